The number of carbonyl (C=O) groups is 1. The normalized spacial score (nSPS) is 15.9. The first-order chi connectivity index (χ1) is 16.1. The number of nitrogens with one attached hydrogen (secondary N) is 1. The number of rotatable bonds is 8. The number of aromatic nitrogens is 1. The van der Waals surface area contributed by atoms with E-state index in [4.69, 9.17) is 21.1 Å². The maximum atomic E-state index is 12.5. The molecule has 1 unspecified atom stereocenters. The SMILES string of the molecule is COc1ccc(CN2CCC(c3ncccc3CNC(=O)c3ccc(Cl)cc3)C2)cc1OC. The molecule has 0 aliphatic carbocycles. The fourth-order valence-electron chi connectivity index (χ4n) is 4.28. The molecule has 1 saturated heterocycles. The monoisotopic (exact) mass is 465 g/mol. The molecule has 1 atom stereocenters. The summed E-state index contributed by atoms with van der Waals surface area (Å²) in [5, 5.41) is 3.62. The minimum Gasteiger partial charge on any atom is -0.493 e. The van der Waals surface area contributed by atoms with Gasteiger partial charge < -0.3 is 14.8 Å². The van der Waals surface area contributed by atoms with E-state index in [0.717, 1.165) is 48.8 Å². The molecule has 0 spiro atoms. The Morgan fingerprint density at radius 3 is 2.67 bits per heavy atom. The maximum Gasteiger partial charge on any atom is 0.251 e. The zero-order chi connectivity index (χ0) is 23.2. The van der Waals surface area contributed by atoms with Crippen LogP contribution in [0.3, 0.4) is 0 Å². The Balaban J connectivity index is 1.39. The number of hydrogen-bond acceptors (Lipinski definition) is 5. The van der Waals surface area contributed by atoms with E-state index in [2.05, 4.69) is 21.3 Å². The second kappa shape index (κ2) is 10.7. The Bertz CT molecular complexity index is 1100. The number of nitrogens with zero attached hydrogens (tertiary/aromatic N) is 2. The second-order valence-corrected chi connectivity index (χ2v) is 8.58. The Morgan fingerprint density at radius 1 is 1.12 bits per heavy atom. The Hall–Kier alpha value is -3.09. The summed E-state index contributed by atoms with van der Waals surface area (Å²) < 4.78 is 10.8. The molecule has 0 bridgehead atoms. The van der Waals surface area contributed by atoms with E-state index in [1.165, 1.54) is 5.56 Å². The van der Waals surface area contributed by atoms with E-state index in [1.807, 2.05) is 30.5 Å². The molecule has 2 heterocycles. The molecule has 172 valence electrons. The van der Waals surface area contributed by atoms with Crippen LogP contribution in [0.2, 0.25) is 5.02 Å². The molecule has 1 N–H and O–H groups in total. The lowest BCUT2D eigenvalue weighted by Gasteiger charge is -2.18. The molecule has 7 heteroatoms. The van der Waals surface area contributed by atoms with Crippen LogP contribution < -0.4 is 14.8 Å². The second-order valence-electron chi connectivity index (χ2n) is 8.15. The number of benzene rings is 2. The third kappa shape index (κ3) is 5.64. The van der Waals surface area contributed by atoms with Crippen molar-refractivity contribution in [3.8, 4) is 11.5 Å². The van der Waals surface area contributed by atoms with Crippen LogP contribution in [-0.2, 0) is 13.1 Å². The highest BCUT2D eigenvalue weighted by Gasteiger charge is 2.27. The zero-order valence-corrected chi connectivity index (χ0v) is 19.6. The van der Waals surface area contributed by atoms with Gasteiger partial charge in [0.25, 0.3) is 5.91 Å². The first kappa shape index (κ1) is 23.1. The Kier molecular flexibility index (Phi) is 7.47. The van der Waals surface area contributed by atoms with Gasteiger partial charge in [0.2, 0.25) is 0 Å². The van der Waals surface area contributed by atoms with Gasteiger partial charge in [-0.15, -0.1) is 0 Å². The van der Waals surface area contributed by atoms with Crippen molar-refractivity contribution < 1.29 is 14.3 Å². The lowest BCUT2D eigenvalue weighted by molar-refractivity contribution is 0.0950. The quantitative estimate of drug-likeness (QED) is 0.523. The molecule has 4 rings (SSSR count). The number of ether oxygens (including phenoxy) is 2. The van der Waals surface area contributed by atoms with Gasteiger partial charge in [0, 0.05) is 48.0 Å². The number of carbonyl (C=O) groups excluding carboxylic acids is 1. The summed E-state index contributed by atoms with van der Waals surface area (Å²) >= 11 is 5.92. The van der Waals surface area contributed by atoms with Crippen LogP contribution in [0.25, 0.3) is 0 Å². The third-order valence-corrected chi connectivity index (χ3v) is 6.24. The molecular weight excluding hydrogens is 438 g/mol. The van der Waals surface area contributed by atoms with Crippen molar-refractivity contribution in [3.05, 3.63) is 88.2 Å². The van der Waals surface area contributed by atoms with Gasteiger partial charge in [-0.1, -0.05) is 23.7 Å². The van der Waals surface area contributed by atoms with Crippen LogP contribution in [0.4, 0.5) is 0 Å². The molecular formula is C26H28ClN3O3. The molecule has 3 aromatic rings. The van der Waals surface area contributed by atoms with Crippen molar-refractivity contribution >= 4 is 17.5 Å². The number of amides is 1. The van der Waals surface area contributed by atoms with Crippen molar-refractivity contribution in [1.29, 1.82) is 0 Å². The van der Waals surface area contributed by atoms with Crippen LogP contribution >= 0.6 is 11.6 Å². The summed E-state index contributed by atoms with van der Waals surface area (Å²) in [6.45, 7) is 3.19. The smallest absolute Gasteiger partial charge is 0.251 e. The van der Waals surface area contributed by atoms with Crippen molar-refractivity contribution in [3.63, 3.8) is 0 Å². The molecule has 1 fully saturated rings. The van der Waals surface area contributed by atoms with E-state index in [-0.39, 0.29) is 5.91 Å². The van der Waals surface area contributed by atoms with Crippen LogP contribution in [-0.4, -0.2) is 43.1 Å². The van der Waals surface area contributed by atoms with Gasteiger partial charge in [-0.25, -0.2) is 0 Å². The Morgan fingerprint density at radius 2 is 1.91 bits per heavy atom. The molecule has 1 aliphatic heterocycles. The van der Waals surface area contributed by atoms with E-state index >= 15 is 0 Å². The predicted octanol–water partition coefficient (Wildman–Crippen LogP) is 4.67. The minimum absolute atomic E-state index is 0.122. The summed E-state index contributed by atoms with van der Waals surface area (Å²) in [5.74, 6) is 1.69. The lowest BCUT2D eigenvalue weighted by Crippen LogP contribution is -2.24. The van der Waals surface area contributed by atoms with Crippen molar-refractivity contribution in [2.75, 3.05) is 27.3 Å². The van der Waals surface area contributed by atoms with Crippen LogP contribution in [0.15, 0.2) is 60.8 Å². The fourth-order valence-corrected chi connectivity index (χ4v) is 4.41. The first-order valence-electron chi connectivity index (χ1n) is 11.0. The topological polar surface area (TPSA) is 63.7 Å². The summed E-state index contributed by atoms with van der Waals surface area (Å²) in [4.78, 5) is 19.6. The van der Waals surface area contributed by atoms with Gasteiger partial charge in [0.1, 0.15) is 0 Å². The van der Waals surface area contributed by atoms with Gasteiger partial charge in [-0.2, -0.15) is 0 Å². The Labute approximate surface area is 199 Å². The standard InChI is InChI=1S/C26H28ClN3O3/c1-32-23-10-5-18(14-24(23)33-2)16-30-13-11-21(17-30)25-20(4-3-12-28-25)15-29-26(31)19-6-8-22(27)9-7-19/h3-10,12,14,21H,11,13,15-17H2,1-2H3,(H,29,31). The number of methoxy groups -OCH3 is 2. The summed E-state index contributed by atoms with van der Waals surface area (Å²) in [7, 11) is 3.30. The summed E-state index contributed by atoms with van der Waals surface area (Å²) in [6.07, 6.45) is 2.86. The molecule has 0 radical (unpaired) electrons. The van der Waals surface area contributed by atoms with Gasteiger partial charge in [0.15, 0.2) is 11.5 Å². The molecule has 1 amide bonds. The van der Waals surface area contributed by atoms with Gasteiger partial charge in [-0.05, 0) is 66.6 Å². The summed E-state index contributed by atoms with van der Waals surface area (Å²) in [5.41, 5.74) is 3.89. The van der Waals surface area contributed by atoms with Crippen LogP contribution in [0.5, 0.6) is 11.5 Å². The minimum atomic E-state index is -0.122. The van der Waals surface area contributed by atoms with Gasteiger partial charge in [0.05, 0.1) is 14.2 Å². The third-order valence-electron chi connectivity index (χ3n) is 5.99. The lowest BCUT2D eigenvalue weighted by atomic mass is 9.99. The average Bonchev–Trinajstić information content (AvgIpc) is 3.31. The van der Waals surface area contributed by atoms with Crippen molar-refractivity contribution in [2.24, 2.45) is 0 Å². The molecule has 6 nitrogen and oxygen atoms in total. The van der Waals surface area contributed by atoms with Crippen LogP contribution in [0, 0.1) is 0 Å². The van der Waals surface area contributed by atoms with E-state index in [1.54, 1.807) is 38.5 Å². The number of hydrogen-bond donors (Lipinski definition) is 1. The highest BCUT2D eigenvalue weighted by molar-refractivity contribution is 6.30. The molecule has 33 heavy (non-hydrogen) atoms. The van der Waals surface area contributed by atoms with E-state index in [9.17, 15) is 4.79 Å². The number of pyridine rings is 1. The average molecular weight is 466 g/mol. The van der Waals surface area contributed by atoms with Crippen molar-refractivity contribution in [2.45, 2.75) is 25.4 Å². The summed E-state index contributed by atoms with van der Waals surface area (Å²) in [6, 6.07) is 16.9. The number of halogens is 1. The fraction of sp³-hybridized carbons (Fsp3) is 0.308. The molecule has 0 saturated carbocycles. The molecule has 1 aliphatic rings. The van der Waals surface area contributed by atoms with Gasteiger partial charge >= 0.3 is 0 Å². The molecule has 1 aromatic heterocycles. The maximum absolute atomic E-state index is 12.5. The van der Waals surface area contributed by atoms with E-state index < -0.39 is 0 Å². The predicted molar refractivity (Wildman–Crippen MR) is 129 cm³/mol. The number of likely N-dealkylation sites (tertiary alicyclic amines) is 1. The first-order valence-corrected chi connectivity index (χ1v) is 11.4. The zero-order valence-electron chi connectivity index (χ0n) is 18.9. The molecule has 2 aromatic carbocycles. The van der Waals surface area contributed by atoms with Crippen LogP contribution in [0.1, 0.15) is 39.5 Å². The van der Waals surface area contributed by atoms with Crippen molar-refractivity contribution in [1.82, 2.24) is 15.2 Å². The van der Waals surface area contributed by atoms with E-state index in [0.29, 0.717) is 23.0 Å². The highest BCUT2D eigenvalue weighted by Crippen LogP contribution is 2.31. The highest BCUT2D eigenvalue weighted by atomic mass is 35.5. The largest absolute Gasteiger partial charge is 0.493 e. The van der Waals surface area contributed by atoms with Gasteiger partial charge in [-0.3, -0.25) is 14.7 Å².